The molecule has 1 aliphatic rings. The lowest BCUT2D eigenvalue weighted by molar-refractivity contribution is -0.126. The maximum absolute atomic E-state index is 12.6. The molecule has 2 N–H and O–H groups in total. The van der Waals surface area contributed by atoms with Gasteiger partial charge in [0.15, 0.2) is 6.61 Å². The number of hydrogen-bond donors (Lipinski definition) is 2. The average Bonchev–Trinajstić information content (AvgIpc) is 3.26. The van der Waals surface area contributed by atoms with E-state index < -0.39 is 5.92 Å². The van der Waals surface area contributed by atoms with Crippen molar-refractivity contribution in [2.24, 2.45) is 5.92 Å². The standard InChI is InChI=1S/C28H29N3O4/c1-19-7-6-10-25(20(19)2)30-26(32)18-35-24-13-11-23(12-14-24)31-17-22(15-27(31)33)28(34)29-16-21-8-4-3-5-9-21/h3-14,22H,15-18H2,1-2H3,(H,29,34)(H,30,32). The van der Waals surface area contributed by atoms with Crippen LogP contribution in [0.2, 0.25) is 0 Å². The summed E-state index contributed by atoms with van der Waals surface area (Å²) in [7, 11) is 0. The summed E-state index contributed by atoms with van der Waals surface area (Å²) in [5, 5.41) is 5.78. The third kappa shape index (κ3) is 6.06. The van der Waals surface area contributed by atoms with E-state index in [1.54, 1.807) is 29.2 Å². The van der Waals surface area contributed by atoms with Gasteiger partial charge in [-0.25, -0.2) is 0 Å². The molecule has 4 rings (SSSR count). The Kier molecular flexibility index (Phi) is 7.45. The van der Waals surface area contributed by atoms with Crippen LogP contribution in [0.15, 0.2) is 72.8 Å². The van der Waals surface area contributed by atoms with Gasteiger partial charge in [0.05, 0.1) is 5.92 Å². The minimum absolute atomic E-state index is 0.0913. The van der Waals surface area contributed by atoms with Crippen LogP contribution in [0.1, 0.15) is 23.1 Å². The molecule has 7 heteroatoms. The van der Waals surface area contributed by atoms with Gasteiger partial charge in [0.1, 0.15) is 5.75 Å². The monoisotopic (exact) mass is 471 g/mol. The number of hydrogen-bond acceptors (Lipinski definition) is 4. The number of benzene rings is 3. The van der Waals surface area contributed by atoms with Crippen molar-refractivity contribution in [2.75, 3.05) is 23.4 Å². The fourth-order valence-electron chi connectivity index (χ4n) is 4.01. The molecule has 3 aromatic carbocycles. The molecule has 0 spiro atoms. The molecule has 0 bridgehead atoms. The Hall–Kier alpha value is -4.13. The molecule has 180 valence electrons. The van der Waals surface area contributed by atoms with Crippen LogP contribution in [0.3, 0.4) is 0 Å². The molecule has 1 unspecified atom stereocenters. The fourth-order valence-corrected chi connectivity index (χ4v) is 4.01. The molecule has 1 aliphatic heterocycles. The molecule has 3 amide bonds. The van der Waals surface area contributed by atoms with Gasteiger partial charge in [-0.3, -0.25) is 14.4 Å². The van der Waals surface area contributed by atoms with Crippen LogP contribution in [-0.2, 0) is 20.9 Å². The van der Waals surface area contributed by atoms with Gasteiger partial charge >= 0.3 is 0 Å². The summed E-state index contributed by atoms with van der Waals surface area (Å²) in [6.07, 6.45) is 0.178. The summed E-state index contributed by atoms with van der Waals surface area (Å²) in [5.41, 5.74) is 4.60. The zero-order valence-corrected chi connectivity index (χ0v) is 19.9. The number of nitrogens with zero attached hydrogens (tertiary/aromatic N) is 1. The van der Waals surface area contributed by atoms with E-state index in [0.717, 1.165) is 22.4 Å². The van der Waals surface area contributed by atoms with Gasteiger partial charge in [0, 0.05) is 30.9 Å². The van der Waals surface area contributed by atoms with Gasteiger partial charge in [-0.15, -0.1) is 0 Å². The van der Waals surface area contributed by atoms with E-state index in [0.29, 0.717) is 24.5 Å². The van der Waals surface area contributed by atoms with Crippen molar-refractivity contribution in [3.8, 4) is 5.75 Å². The maximum atomic E-state index is 12.6. The van der Waals surface area contributed by atoms with Crippen molar-refractivity contribution >= 4 is 29.1 Å². The third-order valence-corrected chi connectivity index (χ3v) is 6.20. The first-order chi connectivity index (χ1) is 16.9. The highest BCUT2D eigenvalue weighted by Crippen LogP contribution is 2.27. The van der Waals surface area contributed by atoms with E-state index in [-0.39, 0.29) is 30.7 Å². The summed E-state index contributed by atoms with van der Waals surface area (Å²) in [4.78, 5) is 39.0. The zero-order valence-electron chi connectivity index (χ0n) is 19.9. The second-order valence-corrected chi connectivity index (χ2v) is 8.69. The van der Waals surface area contributed by atoms with Gasteiger partial charge in [0.2, 0.25) is 11.8 Å². The molecule has 3 aromatic rings. The summed E-state index contributed by atoms with van der Waals surface area (Å²) in [5.74, 6) is -0.336. The van der Waals surface area contributed by atoms with Gasteiger partial charge < -0.3 is 20.3 Å². The number of rotatable bonds is 8. The lowest BCUT2D eigenvalue weighted by atomic mass is 10.1. The van der Waals surface area contributed by atoms with Crippen LogP contribution in [-0.4, -0.2) is 30.9 Å². The molecule has 1 fully saturated rings. The molecular formula is C28H29N3O4. The molecule has 0 aliphatic carbocycles. The number of aryl methyl sites for hydroxylation is 1. The Morgan fingerprint density at radius 2 is 1.71 bits per heavy atom. The predicted octanol–water partition coefficient (Wildman–Crippen LogP) is 3.99. The van der Waals surface area contributed by atoms with E-state index in [4.69, 9.17) is 4.74 Å². The Labute approximate surface area is 205 Å². The lowest BCUT2D eigenvalue weighted by Gasteiger charge is -2.17. The molecule has 1 heterocycles. The van der Waals surface area contributed by atoms with Crippen LogP contribution < -0.4 is 20.3 Å². The van der Waals surface area contributed by atoms with E-state index in [9.17, 15) is 14.4 Å². The van der Waals surface area contributed by atoms with Crippen LogP contribution in [0.5, 0.6) is 5.75 Å². The van der Waals surface area contributed by atoms with Gasteiger partial charge in [0.25, 0.3) is 5.91 Å². The molecule has 7 nitrogen and oxygen atoms in total. The average molecular weight is 472 g/mol. The maximum Gasteiger partial charge on any atom is 0.262 e. The molecule has 1 saturated heterocycles. The van der Waals surface area contributed by atoms with Gasteiger partial charge in [-0.05, 0) is 60.9 Å². The van der Waals surface area contributed by atoms with Crippen molar-refractivity contribution in [1.82, 2.24) is 5.32 Å². The van der Waals surface area contributed by atoms with Crippen molar-refractivity contribution in [3.63, 3.8) is 0 Å². The summed E-state index contributed by atoms with van der Waals surface area (Å²) < 4.78 is 5.61. The van der Waals surface area contributed by atoms with Crippen LogP contribution in [0.4, 0.5) is 11.4 Å². The molecule has 0 aromatic heterocycles. The first-order valence-corrected chi connectivity index (χ1v) is 11.6. The van der Waals surface area contributed by atoms with Crippen LogP contribution in [0, 0.1) is 19.8 Å². The highest BCUT2D eigenvalue weighted by molar-refractivity contribution is 6.00. The van der Waals surface area contributed by atoms with Crippen molar-refractivity contribution in [2.45, 2.75) is 26.8 Å². The van der Waals surface area contributed by atoms with Crippen molar-refractivity contribution in [1.29, 1.82) is 0 Å². The predicted molar refractivity (Wildman–Crippen MR) is 135 cm³/mol. The lowest BCUT2D eigenvalue weighted by Crippen LogP contribution is -2.32. The number of carbonyl (C=O) groups is 3. The highest BCUT2D eigenvalue weighted by atomic mass is 16.5. The summed E-state index contributed by atoms with van der Waals surface area (Å²) in [6.45, 7) is 4.60. The fraction of sp³-hybridized carbons (Fsp3) is 0.250. The zero-order chi connectivity index (χ0) is 24.8. The van der Waals surface area contributed by atoms with Crippen molar-refractivity contribution in [3.05, 3.63) is 89.5 Å². The Morgan fingerprint density at radius 3 is 2.46 bits per heavy atom. The number of nitrogens with one attached hydrogen (secondary N) is 2. The van der Waals surface area contributed by atoms with E-state index >= 15 is 0 Å². The molecule has 0 radical (unpaired) electrons. The van der Waals surface area contributed by atoms with Crippen LogP contribution >= 0.6 is 0 Å². The van der Waals surface area contributed by atoms with Gasteiger partial charge in [-0.2, -0.15) is 0 Å². The second-order valence-electron chi connectivity index (χ2n) is 8.69. The number of carbonyl (C=O) groups excluding carboxylic acids is 3. The van der Waals surface area contributed by atoms with E-state index in [1.807, 2.05) is 62.4 Å². The largest absolute Gasteiger partial charge is 0.484 e. The summed E-state index contributed by atoms with van der Waals surface area (Å²) in [6, 6.07) is 22.4. The molecule has 35 heavy (non-hydrogen) atoms. The first kappa shape index (κ1) is 24.0. The second kappa shape index (κ2) is 10.9. The number of amides is 3. The molecular weight excluding hydrogens is 442 g/mol. The van der Waals surface area contributed by atoms with Crippen LogP contribution in [0.25, 0.3) is 0 Å². The normalized spacial score (nSPS) is 15.1. The van der Waals surface area contributed by atoms with Gasteiger partial charge in [-0.1, -0.05) is 42.5 Å². The smallest absolute Gasteiger partial charge is 0.262 e. The quantitative estimate of drug-likeness (QED) is 0.520. The van der Waals surface area contributed by atoms with Crippen molar-refractivity contribution < 1.29 is 19.1 Å². The Balaban J connectivity index is 1.28. The highest BCUT2D eigenvalue weighted by Gasteiger charge is 2.35. The molecule has 1 atom stereocenters. The third-order valence-electron chi connectivity index (χ3n) is 6.20. The number of ether oxygens (including phenoxy) is 1. The van der Waals surface area contributed by atoms with E-state index in [1.165, 1.54) is 0 Å². The minimum Gasteiger partial charge on any atom is -0.484 e. The summed E-state index contributed by atoms with van der Waals surface area (Å²) >= 11 is 0. The Bertz CT molecular complexity index is 1210. The van der Waals surface area contributed by atoms with E-state index in [2.05, 4.69) is 10.6 Å². The topological polar surface area (TPSA) is 87.7 Å². The minimum atomic E-state index is -0.393. The molecule has 0 saturated carbocycles. The SMILES string of the molecule is Cc1cccc(NC(=O)COc2ccc(N3CC(C(=O)NCc4ccccc4)CC3=O)cc2)c1C. The Morgan fingerprint density at radius 1 is 0.971 bits per heavy atom. The first-order valence-electron chi connectivity index (χ1n) is 11.6. The number of anilines is 2.